The van der Waals surface area contributed by atoms with Crippen molar-refractivity contribution in [3.05, 3.63) is 28.8 Å². The molecule has 1 fully saturated rings. The summed E-state index contributed by atoms with van der Waals surface area (Å²) in [6, 6.07) is 6.19. The molecule has 2 unspecified atom stereocenters. The Morgan fingerprint density at radius 1 is 1.44 bits per heavy atom. The van der Waals surface area contributed by atoms with Crippen LogP contribution in [0.15, 0.2) is 18.2 Å². The molecule has 1 aliphatic rings. The summed E-state index contributed by atoms with van der Waals surface area (Å²) >= 11 is 6.13. The Bertz CT molecular complexity index is 405. The second-order valence-electron chi connectivity index (χ2n) is 5.41. The standard InChI is InChI=1S/C15H23ClN2/c1-4-17-9-12-5-6-14(16)8-15(12)18(3)10-13-7-11(13)2/h5-6,8,11,13,17H,4,7,9-10H2,1-3H3. The fourth-order valence-electron chi connectivity index (χ4n) is 2.41. The zero-order chi connectivity index (χ0) is 13.1. The lowest BCUT2D eigenvalue weighted by Gasteiger charge is -2.23. The van der Waals surface area contributed by atoms with Crippen molar-refractivity contribution in [2.45, 2.75) is 26.8 Å². The number of nitrogens with one attached hydrogen (secondary N) is 1. The van der Waals surface area contributed by atoms with Gasteiger partial charge in [-0.15, -0.1) is 0 Å². The molecule has 0 radical (unpaired) electrons. The maximum Gasteiger partial charge on any atom is 0.0426 e. The van der Waals surface area contributed by atoms with Crippen molar-refractivity contribution in [3.63, 3.8) is 0 Å². The van der Waals surface area contributed by atoms with E-state index in [0.29, 0.717) is 0 Å². The normalized spacial score (nSPS) is 22.0. The molecule has 0 amide bonds. The van der Waals surface area contributed by atoms with Crippen LogP contribution in [0.3, 0.4) is 0 Å². The molecule has 2 nitrogen and oxygen atoms in total. The molecule has 1 aromatic rings. The van der Waals surface area contributed by atoms with Crippen molar-refractivity contribution in [2.24, 2.45) is 11.8 Å². The second kappa shape index (κ2) is 5.94. The lowest BCUT2D eigenvalue weighted by molar-refractivity contribution is 0.704. The van der Waals surface area contributed by atoms with Crippen LogP contribution in [0.5, 0.6) is 0 Å². The van der Waals surface area contributed by atoms with E-state index in [9.17, 15) is 0 Å². The molecule has 0 aromatic heterocycles. The van der Waals surface area contributed by atoms with E-state index in [1.165, 1.54) is 17.7 Å². The molecule has 3 heteroatoms. The molecular weight excluding hydrogens is 244 g/mol. The molecule has 0 heterocycles. The molecule has 1 saturated carbocycles. The van der Waals surface area contributed by atoms with Crippen molar-refractivity contribution in [3.8, 4) is 0 Å². The lowest BCUT2D eigenvalue weighted by Crippen LogP contribution is -2.23. The highest BCUT2D eigenvalue weighted by Crippen LogP contribution is 2.39. The van der Waals surface area contributed by atoms with Crippen molar-refractivity contribution < 1.29 is 0 Å². The average Bonchev–Trinajstić information content (AvgIpc) is 3.03. The van der Waals surface area contributed by atoms with Crippen LogP contribution in [0.4, 0.5) is 5.69 Å². The zero-order valence-electron chi connectivity index (χ0n) is 11.5. The molecule has 2 atom stereocenters. The monoisotopic (exact) mass is 266 g/mol. The molecule has 0 aliphatic heterocycles. The van der Waals surface area contributed by atoms with Gasteiger partial charge in [0.1, 0.15) is 0 Å². The largest absolute Gasteiger partial charge is 0.374 e. The topological polar surface area (TPSA) is 15.3 Å². The van der Waals surface area contributed by atoms with Gasteiger partial charge in [0.25, 0.3) is 0 Å². The summed E-state index contributed by atoms with van der Waals surface area (Å²) in [6.45, 7) is 7.50. The molecule has 100 valence electrons. The summed E-state index contributed by atoms with van der Waals surface area (Å²) < 4.78 is 0. The van der Waals surface area contributed by atoms with E-state index in [-0.39, 0.29) is 0 Å². The van der Waals surface area contributed by atoms with Crippen LogP contribution in [0.1, 0.15) is 25.8 Å². The highest BCUT2D eigenvalue weighted by molar-refractivity contribution is 6.30. The number of hydrogen-bond donors (Lipinski definition) is 1. The molecule has 0 spiro atoms. The Morgan fingerprint density at radius 3 is 2.78 bits per heavy atom. The lowest BCUT2D eigenvalue weighted by atomic mass is 10.1. The number of benzene rings is 1. The first-order chi connectivity index (χ1) is 8.61. The van der Waals surface area contributed by atoms with E-state index >= 15 is 0 Å². The smallest absolute Gasteiger partial charge is 0.0426 e. The first kappa shape index (κ1) is 13.7. The second-order valence-corrected chi connectivity index (χ2v) is 5.84. The minimum absolute atomic E-state index is 0.820. The van der Waals surface area contributed by atoms with E-state index in [4.69, 9.17) is 11.6 Å². The first-order valence-corrected chi connectivity index (χ1v) is 7.20. The SMILES string of the molecule is CCNCc1ccc(Cl)cc1N(C)CC1CC1C. The molecule has 0 bridgehead atoms. The van der Waals surface area contributed by atoms with Crippen molar-refractivity contribution in [1.82, 2.24) is 5.32 Å². The number of nitrogens with zero attached hydrogens (tertiary/aromatic N) is 1. The summed E-state index contributed by atoms with van der Waals surface area (Å²) in [5.41, 5.74) is 2.60. The van der Waals surface area contributed by atoms with E-state index in [1.807, 2.05) is 6.07 Å². The molecular formula is C15H23ClN2. The van der Waals surface area contributed by atoms with Gasteiger partial charge < -0.3 is 10.2 Å². The summed E-state index contributed by atoms with van der Waals surface area (Å²) in [5, 5.41) is 4.21. The predicted octanol–water partition coefficient (Wildman–Crippen LogP) is 3.54. The highest BCUT2D eigenvalue weighted by Gasteiger charge is 2.33. The first-order valence-electron chi connectivity index (χ1n) is 6.82. The summed E-state index contributed by atoms with van der Waals surface area (Å²) in [5.74, 6) is 1.75. The van der Waals surface area contributed by atoms with Crippen molar-refractivity contribution in [2.75, 3.05) is 25.0 Å². The van der Waals surface area contributed by atoms with E-state index in [2.05, 4.69) is 43.2 Å². The zero-order valence-corrected chi connectivity index (χ0v) is 12.3. The van der Waals surface area contributed by atoms with Gasteiger partial charge in [0.05, 0.1) is 0 Å². The van der Waals surface area contributed by atoms with E-state index in [1.54, 1.807) is 0 Å². The Kier molecular flexibility index (Phi) is 4.52. The maximum absolute atomic E-state index is 6.13. The van der Waals surface area contributed by atoms with Gasteiger partial charge in [-0.3, -0.25) is 0 Å². The third-order valence-corrected chi connectivity index (χ3v) is 4.04. The number of rotatable bonds is 6. The van der Waals surface area contributed by atoms with Gasteiger partial charge in [-0.1, -0.05) is 31.5 Å². The van der Waals surface area contributed by atoms with Gasteiger partial charge in [0.2, 0.25) is 0 Å². The van der Waals surface area contributed by atoms with Crippen molar-refractivity contribution >= 4 is 17.3 Å². The van der Waals surface area contributed by atoms with Crippen molar-refractivity contribution in [1.29, 1.82) is 0 Å². The van der Waals surface area contributed by atoms with Crippen LogP contribution in [-0.4, -0.2) is 20.1 Å². The molecule has 0 saturated heterocycles. The van der Waals surface area contributed by atoms with Gasteiger partial charge >= 0.3 is 0 Å². The van der Waals surface area contributed by atoms with Gasteiger partial charge in [0, 0.05) is 30.8 Å². The number of halogens is 1. The molecule has 18 heavy (non-hydrogen) atoms. The van der Waals surface area contributed by atoms with Crippen LogP contribution < -0.4 is 10.2 Å². The summed E-state index contributed by atoms with van der Waals surface area (Å²) in [7, 11) is 2.17. The molecule has 2 rings (SSSR count). The maximum atomic E-state index is 6.13. The Balaban J connectivity index is 2.09. The van der Waals surface area contributed by atoms with Gasteiger partial charge in [-0.05, 0) is 42.5 Å². The minimum Gasteiger partial charge on any atom is -0.374 e. The third kappa shape index (κ3) is 3.39. The van der Waals surface area contributed by atoms with Crippen LogP contribution in [0.25, 0.3) is 0 Å². The minimum atomic E-state index is 0.820. The van der Waals surface area contributed by atoms with Gasteiger partial charge in [-0.25, -0.2) is 0 Å². The molecule has 1 N–H and O–H groups in total. The van der Waals surface area contributed by atoms with Crippen LogP contribution in [0, 0.1) is 11.8 Å². The Hall–Kier alpha value is -0.730. The number of anilines is 1. The summed E-state index contributed by atoms with van der Waals surface area (Å²) in [4.78, 5) is 2.35. The fraction of sp³-hybridized carbons (Fsp3) is 0.600. The van der Waals surface area contributed by atoms with E-state index < -0.39 is 0 Å². The quantitative estimate of drug-likeness (QED) is 0.847. The Labute approximate surface area is 115 Å². The van der Waals surface area contributed by atoms with Gasteiger partial charge in [-0.2, -0.15) is 0 Å². The average molecular weight is 267 g/mol. The van der Waals surface area contributed by atoms with Crippen LogP contribution in [-0.2, 0) is 6.54 Å². The van der Waals surface area contributed by atoms with Gasteiger partial charge in [0.15, 0.2) is 0 Å². The molecule has 1 aromatic carbocycles. The van der Waals surface area contributed by atoms with Crippen LogP contribution in [0.2, 0.25) is 5.02 Å². The summed E-state index contributed by atoms with van der Waals surface area (Å²) in [6.07, 6.45) is 1.37. The molecule has 1 aliphatic carbocycles. The van der Waals surface area contributed by atoms with E-state index in [0.717, 1.165) is 36.5 Å². The highest BCUT2D eigenvalue weighted by atomic mass is 35.5. The van der Waals surface area contributed by atoms with Crippen LogP contribution >= 0.6 is 11.6 Å². The predicted molar refractivity (Wildman–Crippen MR) is 79.4 cm³/mol. The third-order valence-electron chi connectivity index (χ3n) is 3.81. The number of hydrogen-bond acceptors (Lipinski definition) is 2. The Morgan fingerprint density at radius 2 is 2.17 bits per heavy atom. The fourth-order valence-corrected chi connectivity index (χ4v) is 2.57.